The number of rotatable bonds is 5. The summed E-state index contributed by atoms with van der Waals surface area (Å²) in [7, 11) is 0. The van der Waals surface area contributed by atoms with Crippen molar-refractivity contribution < 1.29 is 13.2 Å². The van der Waals surface area contributed by atoms with Gasteiger partial charge in [-0.15, -0.1) is 0 Å². The van der Waals surface area contributed by atoms with Crippen molar-refractivity contribution in [2.24, 2.45) is 0 Å². The highest BCUT2D eigenvalue weighted by Crippen LogP contribution is 2.30. The van der Waals surface area contributed by atoms with Crippen LogP contribution in [0.4, 0.5) is 30.9 Å². The van der Waals surface area contributed by atoms with E-state index in [0.717, 1.165) is 12.1 Å². The molecule has 0 atom stereocenters. The molecule has 0 amide bonds. The molecular formula is C17H13F3N8. The monoisotopic (exact) mass is 386 g/mol. The topological polar surface area (TPSA) is 104 Å². The van der Waals surface area contributed by atoms with Crippen LogP contribution in [0, 0.1) is 0 Å². The number of anilines is 3. The van der Waals surface area contributed by atoms with Crippen molar-refractivity contribution in [1.29, 1.82) is 0 Å². The smallest absolute Gasteiger partial charge is 0.364 e. The number of aromatic amines is 1. The predicted molar refractivity (Wildman–Crippen MR) is 95.8 cm³/mol. The van der Waals surface area contributed by atoms with E-state index < -0.39 is 11.7 Å². The summed E-state index contributed by atoms with van der Waals surface area (Å²) in [4.78, 5) is 23.7. The van der Waals surface area contributed by atoms with Crippen molar-refractivity contribution in [2.75, 3.05) is 10.6 Å². The summed E-state index contributed by atoms with van der Waals surface area (Å²) in [5.74, 6) is 0.900. The molecule has 28 heavy (non-hydrogen) atoms. The Balaban J connectivity index is 1.59. The van der Waals surface area contributed by atoms with Gasteiger partial charge < -0.3 is 10.3 Å². The molecule has 11 heteroatoms. The largest absolute Gasteiger partial charge is 0.416 e. The van der Waals surface area contributed by atoms with Crippen molar-refractivity contribution in [3.63, 3.8) is 0 Å². The number of fused-ring (bicyclic) bond motifs is 1. The molecule has 0 fully saturated rings. The number of hydrogen-bond acceptors (Lipinski definition) is 7. The SMILES string of the molecule is FC(F)(F)c1cccc(CNc2nc(Nc3ncccn3)nc3nc[nH]c23)c1. The Labute approximate surface area is 156 Å². The summed E-state index contributed by atoms with van der Waals surface area (Å²) < 4.78 is 38.6. The van der Waals surface area contributed by atoms with Crippen LogP contribution in [0.15, 0.2) is 49.1 Å². The van der Waals surface area contributed by atoms with Gasteiger partial charge in [0.15, 0.2) is 11.5 Å². The van der Waals surface area contributed by atoms with E-state index >= 15 is 0 Å². The van der Waals surface area contributed by atoms with Gasteiger partial charge in [-0.3, -0.25) is 5.32 Å². The molecule has 0 unspecified atom stereocenters. The van der Waals surface area contributed by atoms with Gasteiger partial charge >= 0.3 is 6.18 Å². The molecule has 3 aromatic heterocycles. The van der Waals surface area contributed by atoms with Gasteiger partial charge in [-0.1, -0.05) is 12.1 Å². The van der Waals surface area contributed by atoms with Gasteiger partial charge in [0.1, 0.15) is 5.52 Å². The molecule has 0 aliphatic rings. The molecule has 0 bridgehead atoms. The number of hydrogen-bond donors (Lipinski definition) is 3. The number of aromatic nitrogens is 6. The van der Waals surface area contributed by atoms with E-state index in [2.05, 4.69) is 40.5 Å². The fourth-order valence-electron chi connectivity index (χ4n) is 2.52. The molecule has 0 saturated carbocycles. The average molecular weight is 386 g/mol. The van der Waals surface area contributed by atoms with Gasteiger partial charge in [0.05, 0.1) is 11.9 Å². The second kappa shape index (κ2) is 7.10. The number of alkyl halides is 3. The van der Waals surface area contributed by atoms with Gasteiger partial charge in [-0.05, 0) is 23.8 Å². The highest BCUT2D eigenvalue weighted by molar-refractivity contribution is 5.83. The lowest BCUT2D eigenvalue weighted by Gasteiger charge is -2.11. The Morgan fingerprint density at radius 1 is 0.964 bits per heavy atom. The fourth-order valence-corrected chi connectivity index (χ4v) is 2.52. The van der Waals surface area contributed by atoms with Crippen LogP contribution in [0.25, 0.3) is 11.2 Å². The van der Waals surface area contributed by atoms with E-state index in [-0.39, 0.29) is 12.5 Å². The molecule has 3 N–H and O–H groups in total. The summed E-state index contributed by atoms with van der Waals surface area (Å²) in [6, 6.07) is 6.76. The molecule has 1 aromatic carbocycles. The highest BCUT2D eigenvalue weighted by atomic mass is 19.4. The molecule has 0 radical (unpaired) electrons. The number of imidazole rings is 1. The van der Waals surface area contributed by atoms with Crippen LogP contribution in [0.5, 0.6) is 0 Å². The maximum Gasteiger partial charge on any atom is 0.416 e. The van der Waals surface area contributed by atoms with Crippen LogP contribution in [0.2, 0.25) is 0 Å². The number of benzene rings is 1. The first kappa shape index (κ1) is 17.6. The summed E-state index contributed by atoms with van der Waals surface area (Å²) in [5, 5.41) is 5.89. The zero-order valence-corrected chi connectivity index (χ0v) is 14.2. The van der Waals surface area contributed by atoms with Gasteiger partial charge in [-0.2, -0.15) is 23.1 Å². The standard InChI is InChI=1S/C17H13F3N8/c18-17(19,20)11-4-1-3-10(7-11)8-23-13-12-14(25-9-24-12)27-16(26-13)28-15-21-5-2-6-22-15/h1-7,9H,8H2,(H3,21,22,23,24,25,26,27,28). The molecule has 0 aliphatic heterocycles. The number of halogens is 3. The van der Waals surface area contributed by atoms with E-state index in [4.69, 9.17) is 0 Å². The lowest BCUT2D eigenvalue weighted by Crippen LogP contribution is -2.08. The number of H-pyrrole nitrogens is 1. The Hall–Kier alpha value is -3.76. The first-order valence-electron chi connectivity index (χ1n) is 8.14. The molecule has 0 aliphatic carbocycles. The lowest BCUT2D eigenvalue weighted by atomic mass is 10.1. The Morgan fingerprint density at radius 3 is 2.57 bits per heavy atom. The van der Waals surface area contributed by atoms with E-state index in [1.807, 2.05) is 0 Å². The van der Waals surface area contributed by atoms with Crippen LogP contribution in [0.1, 0.15) is 11.1 Å². The third kappa shape index (κ3) is 3.82. The number of nitrogens with one attached hydrogen (secondary N) is 3. The van der Waals surface area contributed by atoms with Crippen LogP contribution in [0.3, 0.4) is 0 Å². The molecule has 0 spiro atoms. The quantitative estimate of drug-likeness (QED) is 0.482. The molecule has 8 nitrogen and oxygen atoms in total. The summed E-state index contributed by atoms with van der Waals surface area (Å²) in [6.45, 7) is 0.135. The van der Waals surface area contributed by atoms with Crippen molar-refractivity contribution >= 4 is 28.9 Å². The van der Waals surface area contributed by atoms with Crippen molar-refractivity contribution in [3.05, 3.63) is 60.2 Å². The zero-order chi connectivity index (χ0) is 19.6. The molecule has 3 heterocycles. The third-order valence-corrected chi connectivity index (χ3v) is 3.79. The second-order valence-electron chi connectivity index (χ2n) is 5.75. The number of nitrogens with zero attached hydrogens (tertiary/aromatic N) is 5. The molecule has 4 rings (SSSR count). The molecular weight excluding hydrogens is 373 g/mol. The van der Waals surface area contributed by atoms with Crippen molar-refractivity contribution in [2.45, 2.75) is 12.7 Å². The minimum atomic E-state index is -4.39. The minimum absolute atomic E-state index is 0.135. The lowest BCUT2D eigenvalue weighted by molar-refractivity contribution is -0.137. The van der Waals surface area contributed by atoms with Gasteiger partial charge in [0, 0.05) is 18.9 Å². The Kier molecular flexibility index (Phi) is 4.47. The fraction of sp³-hybridized carbons (Fsp3) is 0.118. The third-order valence-electron chi connectivity index (χ3n) is 3.79. The van der Waals surface area contributed by atoms with E-state index in [1.54, 1.807) is 24.5 Å². The Morgan fingerprint density at radius 2 is 1.79 bits per heavy atom. The van der Waals surface area contributed by atoms with Gasteiger partial charge in [0.2, 0.25) is 11.9 Å². The normalized spacial score (nSPS) is 11.5. The van der Waals surface area contributed by atoms with Crippen LogP contribution in [-0.4, -0.2) is 29.9 Å². The van der Waals surface area contributed by atoms with E-state index in [0.29, 0.717) is 28.5 Å². The molecule has 0 saturated heterocycles. The van der Waals surface area contributed by atoms with Crippen LogP contribution < -0.4 is 10.6 Å². The van der Waals surface area contributed by atoms with Gasteiger partial charge in [0.25, 0.3) is 0 Å². The van der Waals surface area contributed by atoms with Crippen molar-refractivity contribution in [1.82, 2.24) is 29.9 Å². The summed E-state index contributed by atoms with van der Waals surface area (Å²) >= 11 is 0. The maximum atomic E-state index is 12.9. The second-order valence-corrected chi connectivity index (χ2v) is 5.75. The van der Waals surface area contributed by atoms with Crippen LogP contribution >= 0.6 is 0 Å². The maximum absolute atomic E-state index is 12.9. The van der Waals surface area contributed by atoms with Gasteiger partial charge in [-0.25, -0.2) is 15.0 Å². The predicted octanol–water partition coefficient (Wildman–Crippen LogP) is 3.52. The molecule has 4 aromatic rings. The van der Waals surface area contributed by atoms with E-state index in [1.165, 1.54) is 12.4 Å². The average Bonchev–Trinajstić information content (AvgIpc) is 3.15. The summed E-state index contributed by atoms with van der Waals surface area (Å²) in [6.07, 6.45) is 0.191. The highest BCUT2D eigenvalue weighted by Gasteiger charge is 2.30. The van der Waals surface area contributed by atoms with Crippen molar-refractivity contribution in [3.8, 4) is 0 Å². The minimum Gasteiger partial charge on any atom is -0.364 e. The van der Waals surface area contributed by atoms with E-state index in [9.17, 15) is 13.2 Å². The molecule has 142 valence electrons. The van der Waals surface area contributed by atoms with Crippen LogP contribution in [-0.2, 0) is 12.7 Å². The zero-order valence-electron chi connectivity index (χ0n) is 14.2. The first-order valence-corrected chi connectivity index (χ1v) is 8.14. The Bertz CT molecular complexity index is 1090. The first-order chi connectivity index (χ1) is 13.5. The summed E-state index contributed by atoms with van der Waals surface area (Å²) in [5.41, 5.74) is 0.679.